The topological polar surface area (TPSA) is 9.23 Å². The molecular weight excluding hydrogens is 311 g/mol. The van der Waals surface area contributed by atoms with Crippen LogP contribution in [0.4, 0.5) is 0 Å². The standard InChI is InChI=1S/C22H35OP/c1-3-5-7-8-9-10-11-12-13-14-15-16-17-19-21-22(23-24)20-18-6-4-2/h6-8,10-11,13-14,16-19,21-22H,3-5,9,12,15,20,24H2,1-2H3/b8-7-,11-10-,14-13-,17-16-,18-6-,21-19+. The summed E-state index contributed by atoms with van der Waals surface area (Å²) >= 11 is 0. The van der Waals surface area contributed by atoms with E-state index in [1.54, 1.807) is 0 Å². The fraction of sp³-hybridized carbons (Fsp3) is 0.455. The van der Waals surface area contributed by atoms with Crippen LogP contribution >= 0.6 is 9.47 Å². The van der Waals surface area contributed by atoms with Crippen molar-refractivity contribution in [3.8, 4) is 0 Å². The Labute approximate surface area is 152 Å². The van der Waals surface area contributed by atoms with Crippen molar-refractivity contribution >= 4 is 9.47 Å². The molecule has 0 radical (unpaired) electrons. The molecular formula is C22H35OP. The molecule has 0 aliphatic heterocycles. The fourth-order valence-electron chi connectivity index (χ4n) is 1.92. The smallest absolute Gasteiger partial charge is 0.0828 e. The van der Waals surface area contributed by atoms with Crippen molar-refractivity contribution in [2.24, 2.45) is 0 Å². The molecule has 0 saturated heterocycles. The van der Waals surface area contributed by atoms with Gasteiger partial charge in [0.05, 0.1) is 6.10 Å². The third-order valence-electron chi connectivity index (χ3n) is 3.29. The minimum absolute atomic E-state index is 0.134. The molecule has 2 atom stereocenters. The normalized spacial score (nSPS) is 14.6. The quantitative estimate of drug-likeness (QED) is 0.182. The van der Waals surface area contributed by atoms with Crippen molar-refractivity contribution in [2.75, 3.05) is 0 Å². The molecule has 0 aliphatic carbocycles. The molecule has 0 N–H and O–H groups in total. The van der Waals surface area contributed by atoms with E-state index in [0.717, 1.165) is 32.1 Å². The molecule has 0 fully saturated rings. The van der Waals surface area contributed by atoms with Gasteiger partial charge in [0.25, 0.3) is 0 Å². The molecule has 0 spiro atoms. The first-order valence-corrected chi connectivity index (χ1v) is 9.61. The number of hydrogen-bond donors (Lipinski definition) is 0. The van der Waals surface area contributed by atoms with Gasteiger partial charge in [-0.1, -0.05) is 93.2 Å². The lowest BCUT2D eigenvalue weighted by Crippen LogP contribution is -2.00. The van der Waals surface area contributed by atoms with Gasteiger partial charge in [0.2, 0.25) is 0 Å². The molecule has 134 valence electrons. The second kappa shape index (κ2) is 19.9. The van der Waals surface area contributed by atoms with Crippen molar-refractivity contribution in [3.63, 3.8) is 0 Å². The lowest BCUT2D eigenvalue weighted by atomic mass is 10.2. The maximum atomic E-state index is 5.33. The molecule has 0 amide bonds. The van der Waals surface area contributed by atoms with Gasteiger partial charge in [-0.3, -0.25) is 0 Å². The number of allylic oxidation sites excluding steroid dienone is 10. The molecule has 1 nitrogen and oxygen atoms in total. The Hall–Kier alpha value is -1.17. The zero-order chi connectivity index (χ0) is 17.7. The van der Waals surface area contributed by atoms with Gasteiger partial charge >= 0.3 is 0 Å². The molecule has 0 heterocycles. The van der Waals surface area contributed by atoms with E-state index in [1.165, 1.54) is 12.8 Å². The van der Waals surface area contributed by atoms with Crippen LogP contribution in [0, 0.1) is 0 Å². The molecule has 0 aromatic rings. The van der Waals surface area contributed by atoms with Crippen molar-refractivity contribution in [1.82, 2.24) is 0 Å². The molecule has 0 rings (SSSR count). The highest BCUT2D eigenvalue weighted by Gasteiger charge is 1.97. The fourth-order valence-corrected chi connectivity index (χ4v) is 2.12. The Balaban J connectivity index is 3.77. The van der Waals surface area contributed by atoms with Gasteiger partial charge in [-0.05, 0) is 38.5 Å². The van der Waals surface area contributed by atoms with E-state index in [9.17, 15) is 0 Å². The summed E-state index contributed by atoms with van der Waals surface area (Å²) in [6.07, 6.45) is 33.7. The lowest BCUT2D eigenvalue weighted by molar-refractivity contribution is 0.298. The van der Waals surface area contributed by atoms with Crippen LogP contribution in [0.5, 0.6) is 0 Å². The second-order valence-electron chi connectivity index (χ2n) is 5.51. The second-order valence-corrected chi connectivity index (χ2v) is 5.79. The average Bonchev–Trinajstić information content (AvgIpc) is 2.60. The monoisotopic (exact) mass is 346 g/mol. The first-order chi connectivity index (χ1) is 11.8. The van der Waals surface area contributed by atoms with Gasteiger partial charge in [-0.25, -0.2) is 0 Å². The summed E-state index contributed by atoms with van der Waals surface area (Å²) in [6, 6.07) is 0. The first kappa shape index (κ1) is 22.8. The minimum atomic E-state index is 0.134. The summed E-state index contributed by atoms with van der Waals surface area (Å²) in [5.74, 6) is 0. The summed E-state index contributed by atoms with van der Waals surface area (Å²) < 4.78 is 5.33. The predicted octanol–water partition coefficient (Wildman–Crippen LogP) is 7.27. The molecule has 0 aromatic carbocycles. The highest BCUT2D eigenvalue weighted by molar-refractivity contribution is 7.09. The van der Waals surface area contributed by atoms with Crippen LogP contribution in [0.15, 0.2) is 72.9 Å². The van der Waals surface area contributed by atoms with Crippen LogP contribution < -0.4 is 0 Å². The zero-order valence-electron chi connectivity index (χ0n) is 15.4. The van der Waals surface area contributed by atoms with Crippen molar-refractivity contribution < 1.29 is 4.52 Å². The highest BCUT2D eigenvalue weighted by Crippen LogP contribution is 2.06. The summed E-state index contributed by atoms with van der Waals surface area (Å²) in [6.45, 7) is 4.34. The minimum Gasteiger partial charge on any atom is -0.358 e. The van der Waals surface area contributed by atoms with E-state index in [0.29, 0.717) is 0 Å². The Morgan fingerprint density at radius 1 is 0.750 bits per heavy atom. The summed E-state index contributed by atoms with van der Waals surface area (Å²) in [4.78, 5) is 0. The van der Waals surface area contributed by atoms with E-state index < -0.39 is 0 Å². The molecule has 2 unspecified atom stereocenters. The Bertz CT molecular complexity index is 427. The molecule has 0 saturated carbocycles. The number of unbranched alkanes of at least 4 members (excludes halogenated alkanes) is 1. The van der Waals surface area contributed by atoms with Gasteiger partial charge in [0, 0.05) is 9.47 Å². The zero-order valence-corrected chi connectivity index (χ0v) is 16.6. The predicted molar refractivity (Wildman–Crippen MR) is 113 cm³/mol. The van der Waals surface area contributed by atoms with Gasteiger partial charge in [-0.2, -0.15) is 0 Å². The van der Waals surface area contributed by atoms with E-state index in [1.807, 2.05) is 0 Å². The Morgan fingerprint density at radius 2 is 1.38 bits per heavy atom. The molecule has 0 aromatic heterocycles. The van der Waals surface area contributed by atoms with E-state index >= 15 is 0 Å². The van der Waals surface area contributed by atoms with Gasteiger partial charge in [0.15, 0.2) is 0 Å². The third kappa shape index (κ3) is 17.2. The average molecular weight is 346 g/mol. The SMILES string of the molecule is CC/C=C\CC(/C=C/C=C\C/C=C\C/C=C\C/C=C\CCC)OP. The van der Waals surface area contributed by atoms with Gasteiger partial charge in [0.1, 0.15) is 0 Å². The highest BCUT2D eigenvalue weighted by atomic mass is 31.0. The van der Waals surface area contributed by atoms with Crippen molar-refractivity contribution in [1.29, 1.82) is 0 Å². The van der Waals surface area contributed by atoms with Crippen LogP contribution in [0.2, 0.25) is 0 Å². The van der Waals surface area contributed by atoms with Crippen LogP contribution in [-0.4, -0.2) is 6.10 Å². The number of rotatable bonds is 14. The lowest BCUT2D eigenvalue weighted by Gasteiger charge is -2.06. The van der Waals surface area contributed by atoms with E-state index in [2.05, 4.69) is 96.2 Å². The molecule has 0 aliphatic rings. The van der Waals surface area contributed by atoms with Gasteiger partial charge < -0.3 is 4.52 Å². The summed E-state index contributed by atoms with van der Waals surface area (Å²) in [5, 5.41) is 0. The molecule has 2 heteroatoms. The number of hydrogen-bond acceptors (Lipinski definition) is 1. The van der Waals surface area contributed by atoms with Crippen molar-refractivity contribution in [2.45, 2.75) is 64.9 Å². The Kier molecular flexibility index (Phi) is 18.9. The first-order valence-electron chi connectivity index (χ1n) is 9.13. The summed E-state index contributed by atoms with van der Waals surface area (Å²) in [7, 11) is 2.34. The third-order valence-corrected chi connectivity index (χ3v) is 3.64. The van der Waals surface area contributed by atoms with Gasteiger partial charge in [-0.15, -0.1) is 0 Å². The molecule has 24 heavy (non-hydrogen) atoms. The van der Waals surface area contributed by atoms with Crippen LogP contribution in [0.3, 0.4) is 0 Å². The van der Waals surface area contributed by atoms with Crippen LogP contribution in [0.25, 0.3) is 0 Å². The van der Waals surface area contributed by atoms with Crippen molar-refractivity contribution in [3.05, 3.63) is 72.9 Å². The maximum Gasteiger partial charge on any atom is 0.0828 e. The molecule has 0 bridgehead atoms. The van der Waals surface area contributed by atoms with E-state index in [-0.39, 0.29) is 6.10 Å². The summed E-state index contributed by atoms with van der Waals surface area (Å²) in [5.41, 5.74) is 0. The maximum absolute atomic E-state index is 5.33. The van der Waals surface area contributed by atoms with Crippen LogP contribution in [-0.2, 0) is 4.52 Å². The van der Waals surface area contributed by atoms with Crippen LogP contribution in [0.1, 0.15) is 58.8 Å². The Morgan fingerprint density at radius 3 is 1.96 bits per heavy atom. The largest absolute Gasteiger partial charge is 0.358 e. The van der Waals surface area contributed by atoms with E-state index in [4.69, 9.17) is 4.52 Å².